The van der Waals surface area contributed by atoms with Crippen LogP contribution in [-0.2, 0) is 4.79 Å². The van der Waals surface area contributed by atoms with Crippen LogP contribution in [-0.4, -0.2) is 26.8 Å². The number of carboxylic acid groups (broad SMARTS) is 1. The average Bonchev–Trinajstić information content (AvgIpc) is 3.15. The minimum Gasteiger partial charge on any atom is -0.481 e. The van der Waals surface area contributed by atoms with Crippen LogP contribution in [0.1, 0.15) is 35.0 Å². The number of aromatic nitrogens is 2. The Morgan fingerprint density at radius 2 is 2.16 bits per heavy atom. The molecular weight excluding hydrogens is 280 g/mol. The number of carbonyl (C=O) groups is 1. The van der Waals surface area contributed by atoms with E-state index in [1.165, 1.54) is 22.2 Å². The van der Waals surface area contributed by atoms with Crippen molar-refractivity contribution < 1.29 is 9.90 Å². The van der Waals surface area contributed by atoms with Gasteiger partial charge in [0.05, 0.1) is 5.75 Å². The maximum absolute atomic E-state index is 10.8. The second kappa shape index (κ2) is 4.76. The van der Waals surface area contributed by atoms with Gasteiger partial charge in [-0.3, -0.25) is 4.79 Å². The van der Waals surface area contributed by atoms with Gasteiger partial charge in [0.15, 0.2) is 0 Å². The highest BCUT2D eigenvalue weighted by Crippen LogP contribution is 2.42. The number of carboxylic acids is 1. The molecule has 19 heavy (non-hydrogen) atoms. The predicted octanol–water partition coefficient (Wildman–Crippen LogP) is 3.36. The third kappa shape index (κ3) is 2.47. The zero-order valence-corrected chi connectivity index (χ0v) is 12.4. The molecular formula is C13H14N2O2S2. The van der Waals surface area contributed by atoms with Crippen molar-refractivity contribution in [2.75, 3.05) is 5.75 Å². The van der Waals surface area contributed by atoms with Gasteiger partial charge in [-0.05, 0) is 32.3 Å². The summed E-state index contributed by atoms with van der Waals surface area (Å²) in [6, 6.07) is 0. The van der Waals surface area contributed by atoms with Gasteiger partial charge in [0, 0.05) is 16.2 Å². The van der Waals surface area contributed by atoms with Gasteiger partial charge in [-0.25, -0.2) is 9.97 Å². The summed E-state index contributed by atoms with van der Waals surface area (Å²) in [5.74, 6) is 0.608. The normalized spacial score (nSPS) is 15.1. The van der Waals surface area contributed by atoms with Crippen molar-refractivity contribution in [1.82, 2.24) is 9.97 Å². The van der Waals surface area contributed by atoms with Gasteiger partial charge in [0.1, 0.15) is 15.7 Å². The number of aliphatic carboxylic acids is 1. The number of fused-ring (bicyclic) bond motifs is 1. The van der Waals surface area contributed by atoms with E-state index in [-0.39, 0.29) is 5.75 Å². The molecule has 1 N–H and O–H groups in total. The summed E-state index contributed by atoms with van der Waals surface area (Å²) in [7, 11) is 0. The van der Waals surface area contributed by atoms with Crippen molar-refractivity contribution in [2.24, 2.45) is 0 Å². The van der Waals surface area contributed by atoms with E-state index in [1.54, 1.807) is 11.3 Å². The molecule has 2 heterocycles. The van der Waals surface area contributed by atoms with Crippen LogP contribution in [0.3, 0.4) is 0 Å². The molecule has 0 spiro atoms. The maximum atomic E-state index is 10.8. The van der Waals surface area contributed by atoms with E-state index in [9.17, 15) is 4.79 Å². The minimum atomic E-state index is -0.811. The predicted molar refractivity (Wildman–Crippen MR) is 77.2 cm³/mol. The van der Waals surface area contributed by atoms with Crippen molar-refractivity contribution >= 4 is 39.3 Å². The van der Waals surface area contributed by atoms with Gasteiger partial charge in [-0.1, -0.05) is 11.8 Å². The molecule has 0 bridgehead atoms. The Bertz CT molecular complexity index is 662. The molecule has 1 saturated carbocycles. The Morgan fingerprint density at radius 1 is 1.42 bits per heavy atom. The highest BCUT2D eigenvalue weighted by molar-refractivity contribution is 8.00. The number of hydrogen-bond acceptors (Lipinski definition) is 5. The van der Waals surface area contributed by atoms with Crippen LogP contribution in [0.25, 0.3) is 10.2 Å². The lowest BCUT2D eigenvalue weighted by Gasteiger charge is -2.05. The molecule has 0 saturated heterocycles. The Labute approximate surface area is 119 Å². The van der Waals surface area contributed by atoms with E-state index in [2.05, 4.69) is 23.8 Å². The fourth-order valence-corrected chi connectivity index (χ4v) is 3.90. The molecule has 0 amide bonds. The number of nitrogens with zero attached hydrogens (tertiary/aromatic N) is 2. The fraction of sp³-hybridized carbons (Fsp3) is 0.462. The number of hydrogen-bond donors (Lipinski definition) is 1. The zero-order valence-electron chi connectivity index (χ0n) is 10.8. The first-order valence-corrected chi connectivity index (χ1v) is 7.98. The minimum absolute atomic E-state index is 0.0462. The van der Waals surface area contributed by atoms with E-state index < -0.39 is 5.97 Å². The lowest BCUT2D eigenvalue weighted by atomic mass is 10.2. The van der Waals surface area contributed by atoms with Crippen LogP contribution in [0.2, 0.25) is 0 Å². The molecule has 0 aliphatic heterocycles. The standard InChI is InChI=1S/C13H14N2O2S2/c1-6-7(2)19-13-10(6)12(18-5-9(16)17)14-11(15-13)8-3-4-8/h8H,3-5H2,1-2H3,(H,16,17). The van der Waals surface area contributed by atoms with Gasteiger partial charge in [-0.2, -0.15) is 0 Å². The Hall–Kier alpha value is -1.14. The zero-order chi connectivity index (χ0) is 13.6. The number of thiophene rings is 1. The molecule has 1 aliphatic rings. The van der Waals surface area contributed by atoms with Gasteiger partial charge in [0.25, 0.3) is 0 Å². The molecule has 0 radical (unpaired) electrons. The summed E-state index contributed by atoms with van der Waals surface area (Å²) in [6.45, 7) is 4.13. The highest BCUT2D eigenvalue weighted by atomic mass is 32.2. The summed E-state index contributed by atoms with van der Waals surface area (Å²) >= 11 is 2.98. The molecule has 2 aromatic heterocycles. The Morgan fingerprint density at radius 3 is 2.79 bits per heavy atom. The molecule has 6 heteroatoms. The molecule has 0 aromatic carbocycles. The second-order valence-corrected chi connectivity index (χ2v) is 6.97. The topological polar surface area (TPSA) is 63.1 Å². The third-order valence-electron chi connectivity index (χ3n) is 3.29. The van der Waals surface area contributed by atoms with E-state index in [4.69, 9.17) is 5.11 Å². The van der Waals surface area contributed by atoms with Gasteiger partial charge < -0.3 is 5.11 Å². The van der Waals surface area contributed by atoms with E-state index in [0.29, 0.717) is 5.92 Å². The summed E-state index contributed by atoms with van der Waals surface area (Å²) < 4.78 is 0. The lowest BCUT2D eigenvalue weighted by molar-refractivity contribution is -0.133. The van der Waals surface area contributed by atoms with Crippen molar-refractivity contribution in [2.45, 2.75) is 37.6 Å². The third-order valence-corrected chi connectivity index (χ3v) is 5.35. The summed E-state index contributed by atoms with van der Waals surface area (Å²) in [6.07, 6.45) is 2.30. The number of rotatable bonds is 4. The smallest absolute Gasteiger partial charge is 0.313 e. The first-order chi connectivity index (χ1) is 9.06. The quantitative estimate of drug-likeness (QED) is 0.692. The summed E-state index contributed by atoms with van der Waals surface area (Å²) in [4.78, 5) is 22.3. The molecule has 3 rings (SSSR count). The van der Waals surface area contributed by atoms with Crippen LogP contribution < -0.4 is 0 Å². The van der Waals surface area contributed by atoms with Crippen LogP contribution in [0.4, 0.5) is 0 Å². The van der Waals surface area contributed by atoms with Crippen molar-refractivity contribution in [3.63, 3.8) is 0 Å². The Balaban J connectivity index is 2.11. The van der Waals surface area contributed by atoms with Gasteiger partial charge >= 0.3 is 5.97 Å². The Kier molecular flexibility index (Phi) is 3.22. The lowest BCUT2D eigenvalue weighted by Crippen LogP contribution is -2.00. The SMILES string of the molecule is Cc1sc2nc(C3CC3)nc(SCC(=O)O)c2c1C. The molecule has 0 unspecified atom stereocenters. The molecule has 1 aliphatic carbocycles. The largest absolute Gasteiger partial charge is 0.481 e. The van der Waals surface area contributed by atoms with Gasteiger partial charge in [-0.15, -0.1) is 11.3 Å². The van der Waals surface area contributed by atoms with E-state index >= 15 is 0 Å². The molecule has 100 valence electrons. The van der Waals surface area contributed by atoms with Crippen LogP contribution in [0.15, 0.2) is 5.03 Å². The molecule has 4 nitrogen and oxygen atoms in total. The first kappa shape index (κ1) is 12.9. The van der Waals surface area contributed by atoms with E-state index in [0.717, 1.165) is 33.9 Å². The monoisotopic (exact) mass is 294 g/mol. The first-order valence-electron chi connectivity index (χ1n) is 6.18. The van der Waals surface area contributed by atoms with Crippen LogP contribution in [0, 0.1) is 13.8 Å². The van der Waals surface area contributed by atoms with Crippen molar-refractivity contribution in [3.05, 3.63) is 16.3 Å². The summed E-state index contributed by atoms with van der Waals surface area (Å²) in [5.41, 5.74) is 1.18. The van der Waals surface area contributed by atoms with Crippen LogP contribution in [0.5, 0.6) is 0 Å². The molecule has 1 fully saturated rings. The number of thioether (sulfide) groups is 1. The van der Waals surface area contributed by atoms with Gasteiger partial charge in [0.2, 0.25) is 0 Å². The molecule has 2 aromatic rings. The summed E-state index contributed by atoms with van der Waals surface area (Å²) in [5, 5.41) is 10.7. The average molecular weight is 294 g/mol. The van der Waals surface area contributed by atoms with Crippen molar-refractivity contribution in [3.8, 4) is 0 Å². The maximum Gasteiger partial charge on any atom is 0.313 e. The number of aryl methyl sites for hydroxylation is 2. The molecule has 0 atom stereocenters. The van der Waals surface area contributed by atoms with Crippen molar-refractivity contribution in [1.29, 1.82) is 0 Å². The van der Waals surface area contributed by atoms with E-state index in [1.807, 2.05) is 0 Å². The highest BCUT2D eigenvalue weighted by Gasteiger charge is 2.28. The fourth-order valence-electron chi connectivity index (χ4n) is 1.99. The second-order valence-electron chi connectivity index (χ2n) is 4.81. The van der Waals surface area contributed by atoms with Crippen LogP contribution >= 0.6 is 23.1 Å².